The molecule has 6 heteroatoms. The number of thiophene rings is 1. The van der Waals surface area contributed by atoms with Crippen molar-refractivity contribution in [3.05, 3.63) is 22.4 Å². The first-order valence-electron chi connectivity index (χ1n) is 4.50. The van der Waals surface area contributed by atoms with Crippen LogP contribution < -0.4 is 11.1 Å². The monoisotopic (exact) mass is 230 g/mol. The fourth-order valence-corrected chi connectivity index (χ4v) is 1.72. The van der Waals surface area contributed by atoms with Crippen LogP contribution in [-0.4, -0.2) is 35.4 Å². The molecule has 1 amide bonds. The Kier molecular flexibility index (Phi) is 4.70. The van der Waals surface area contributed by atoms with E-state index < -0.39 is 12.1 Å². The zero-order valence-electron chi connectivity index (χ0n) is 8.09. The number of nitrogens with one attached hydrogen (secondary N) is 1. The Balaban J connectivity index is 2.41. The number of aliphatic hydroxyl groups is 2. The van der Waals surface area contributed by atoms with Crippen LogP contribution in [0.5, 0.6) is 0 Å². The van der Waals surface area contributed by atoms with E-state index in [1.54, 1.807) is 6.07 Å². The second-order valence-corrected chi connectivity index (χ2v) is 4.05. The lowest BCUT2D eigenvalue weighted by atomic mass is 10.2. The van der Waals surface area contributed by atoms with Crippen molar-refractivity contribution < 1.29 is 15.0 Å². The van der Waals surface area contributed by atoms with Gasteiger partial charge in [-0.15, -0.1) is 11.3 Å². The van der Waals surface area contributed by atoms with Gasteiger partial charge in [0.05, 0.1) is 12.7 Å². The van der Waals surface area contributed by atoms with Gasteiger partial charge in [-0.1, -0.05) is 6.07 Å². The van der Waals surface area contributed by atoms with Gasteiger partial charge in [0.15, 0.2) is 0 Å². The topological polar surface area (TPSA) is 95.6 Å². The molecule has 0 aliphatic rings. The molecule has 5 N–H and O–H groups in total. The van der Waals surface area contributed by atoms with E-state index in [1.165, 1.54) is 11.3 Å². The van der Waals surface area contributed by atoms with E-state index >= 15 is 0 Å². The second-order valence-electron chi connectivity index (χ2n) is 3.07. The van der Waals surface area contributed by atoms with E-state index in [1.807, 2.05) is 11.4 Å². The highest BCUT2D eigenvalue weighted by atomic mass is 32.1. The molecule has 0 bridgehead atoms. The Bertz CT molecular complexity index is 302. The first-order chi connectivity index (χ1) is 7.15. The molecule has 0 saturated heterocycles. The van der Waals surface area contributed by atoms with Gasteiger partial charge in [0.1, 0.15) is 6.04 Å². The highest BCUT2D eigenvalue weighted by molar-refractivity contribution is 7.10. The predicted molar refractivity (Wildman–Crippen MR) is 57.3 cm³/mol. The summed E-state index contributed by atoms with van der Waals surface area (Å²) in [6.07, 6.45) is -0.940. The van der Waals surface area contributed by atoms with Crippen molar-refractivity contribution in [2.45, 2.75) is 12.1 Å². The number of rotatable bonds is 5. The summed E-state index contributed by atoms with van der Waals surface area (Å²) in [5.74, 6) is -0.357. The molecule has 0 aromatic carbocycles. The molecule has 0 spiro atoms. The van der Waals surface area contributed by atoms with E-state index in [-0.39, 0.29) is 19.1 Å². The number of carbonyl (C=O) groups excluding carboxylic acids is 1. The molecule has 84 valence electrons. The first-order valence-corrected chi connectivity index (χ1v) is 5.38. The number of nitrogens with two attached hydrogens (primary N) is 1. The van der Waals surface area contributed by atoms with Gasteiger partial charge in [0.25, 0.3) is 0 Å². The normalized spacial score (nSPS) is 14.6. The molecular formula is C9H14N2O3S. The lowest BCUT2D eigenvalue weighted by Crippen LogP contribution is -2.39. The maximum Gasteiger partial charge on any atom is 0.242 e. The molecule has 1 rings (SSSR count). The van der Waals surface area contributed by atoms with Crippen molar-refractivity contribution in [1.29, 1.82) is 0 Å². The van der Waals surface area contributed by atoms with E-state index in [9.17, 15) is 4.79 Å². The van der Waals surface area contributed by atoms with Crippen molar-refractivity contribution >= 4 is 17.2 Å². The number of carbonyl (C=O) groups is 1. The summed E-state index contributed by atoms with van der Waals surface area (Å²) in [4.78, 5) is 12.2. The lowest BCUT2D eigenvalue weighted by molar-refractivity contribution is -0.123. The van der Waals surface area contributed by atoms with Crippen molar-refractivity contribution in [2.75, 3.05) is 13.2 Å². The van der Waals surface area contributed by atoms with Crippen LogP contribution in [-0.2, 0) is 4.79 Å². The quantitative estimate of drug-likeness (QED) is 0.533. The second kappa shape index (κ2) is 5.82. The van der Waals surface area contributed by atoms with Crippen LogP contribution in [0.25, 0.3) is 0 Å². The summed E-state index contributed by atoms with van der Waals surface area (Å²) in [6, 6.07) is 2.88. The summed E-state index contributed by atoms with van der Waals surface area (Å²) < 4.78 is 0. The average molecular weight is 230 g/mol. The summed E-state index contributed by atoms with van der Waals surface area (Å²) in [5.41, 5.74) is 5.66. The maximum atomic E-state index is 11.4. The number of hydrogen-bond acceptors (Lipinski definition) is 5. The van der Waals surface area contributed by atoms with Crippen LogP contribution in [0.4, 0.5) is 0 Å². The highest BCUT2D eigenvalue weighted by Crippen LogP contribution is 2.16. The van der Waals surface area contributed by atoms with Crippen molar-refractivity contribution in [1.82, 2.24) is 5.32 Å². The minimum Gasteiger partial charge on any atom is -0.394 e. The SMILES string of the molecule is NC(C(=O)NCC(O)CO)c1cccs1. The molecular weight excluding hydrogens is 216 g/mol. The summed E-state index contributed by atoms with van der Waals surface area (Å²) in [6.45, 7) is -0.372. The fraction of sp³-hybridized carbons (Fsp3) is 0.444. The molecule has 1 aromatic rings. The smallest absolute Gasteiger partial charge is 0.242 e. The van der Waals surface area contributed by atoms with Crippen molar-refractivity contribution in [3.8, 4) is 0 Å². The van der Waals surface area contributed by atoms with Crippen LogP contribution in [0.1, 0.15) is 10.9 Å². The standard InChI is InChI=1S/C9H14N2O3S/c10-8(7-2-1-3-15-7)9(14)11-4-6(13)5-12/h1-3,6,8,12-13H,4-5,10H2,(H,11,14). The minimum atomic E-state index is -0.940. The van der Waals surface area contributed by atoms with Crippen LogP contribution in [0.2, 0.25) is 0 Å². The molecule has 15 heavy (non-hydrogen) atoms. The molecule has 2 atom stereocenters. The Morgan fingerprint density at radius 3 is 2.93 bits per heavy atom. The lowest BCUT2D eigenvalue weighted by Gasteiger charge is -2.12. The average Bonchev–Trinajstić information content (AvgIpc) is 2.77. The number of amides is 1. The van der Waals surface area contributed by atoms with Crippen molar-refractivity contribution in [2.24, 2.45) is 5.73 Å². The molecule has 1 aromatic heterocycles. The molecule has 0 saturated carbocycles. The minimum absolute atomic E-state index is 0.00834. The fourth-order valence-electron chi connectivity index (χ4n) is 0.990. The van der Waals surface area contributed by atoms with E-state index in [0.717, 1.165) is 4.88 Å². The van der Waals surface area contributed by atoms with Crippen LogP contribution >= 0.6 is 11.3 Å². The number of aliphatic hydroxyl groups excluding tert-OH is 2. The van der Waals surface area contributed by atoms with Crippen LogP contribution in [0, 0.1) is 0 Å². The summed E-state index contributed by atoms with van der Waals surface area (Å²) >= 11 is 1.40. The zero-order chi connectivity index (χ0) is 11.3. The van der Waals surface area contributed by atoms with Gasteiger partial charge in [-0.3, -0.25) is 4.79 Å². The van der Waals surface area contributed by atoms with Crippen LogP contribution in [0.15, 0.2) is 17.5 Å². The van der Waals surface area contributed by atoms with Gasteiger partial charge in [-0.25, -0.2) is 0 Å². The van der Waals surface area contributed by atoms with Gasteiger partial charge in [0.2, 0.25) is 5.91 Å². The van der Waals surface area contributed by atoms with Crippen molar-refractivity contribution in [3.63, 3.8) is 0 Å². The Labute approximate surface area is 91.5 Å². The Hall–Kier alpha value is -0.950. The highest BCUT2D eigenvalue weighted by Gasteiger charge is 2.16. The molecule has 0 fully saturated rings. The summed E-state index contributed by atoms with van der Waals surface area (Å²) in [7, 11) is 0. The third-order valence-corrected chi connectivity index (χ3v) is 2.81. The molecule has 5 nitrogen and oxygen atoms in total. The van der Waals surface area contributed by atoms with E-state index in [0.29, 0.717) is 0 Å². The third kappa shape index (κ3) is 3.60. The Morgan fingerprint density at radius 1 is 1.67 bits per heavy atom. The molecule has 1 heterocycles. The van der Waals surface area contributed by atoms with Gasteiger partial charge in [0, 0.05) is 11.4 Å². The molecule has 2 unspecified atom stereocenters. The largest absolute Gasteiger partial charge is 0.394 e. The first kappa shape index (κ1) is 12.1. The van der Waals surface area contributed by atoms with Gasteiger partial charge < -0.3 is 21.3 Å². The van der Waals surface area contributed by atoms with E-state index in [4.69, 9.17) is 15.9 Å². The van der Waals surface area contributed by atoms with Crippen LogP contribution in [0.3, 0.4) is 0 Å². The molecule has 0 radical (unpaired) electrons. The Morgan fingerprint density at radius 2 is 2.40 bits per heavy atom. The van der Waals surface area contributed by atoms with Gasteiger partial charge in [-0.05, 0) is 11.4 Å². The summed E-state index contributed by atoms with van der Waals surface area (Å²) in [5, 5.41) is 21.8. The zero-order valence-corrected chi connectivity index (χ0v) is 8.91. The maximum absolute atomic E-state index is 11.4. The van der Waals surface area contributed by atoms with E-state index in [2.05, 4.69) is 5.32 Å². The van der Waals surface area contributed by atoms with Gasteiger partial charge in [-0.2, -0.15) is 0 Å². The third-order valence-electron chi connectivity index (χ3n) is 1.85. The molecule has 0 aliphatic heterocycles. The molecule has 0 aliphatic carbocycles. The predicted octanol–water partition coefficient (Wildman–Crippen LogP) is -0.783. The van der Waals surface area contributed by atoms with Gasteiger partial charge >= 0.3 is 0 Å². The number of hydrogen-bond donors (Lipinski definition) is 4.